The molecular formula is C12H6FN5. The highest BCUT2D eigenvalue weighted by atomic mass is 19.1. The van der Waals surface area contributed by atoms with Crippen molar-refractivity contribution in [2.24, 2.45) is 0 Å². The second kappa shape index (κ2) is 4.89. The summed E-state index contributed by atoms with van der Waals surface area (Å²) in [5, 5.41) is 20.3. The number of nitriles is 2. The van der Waals surface area contributed by atoms with Crippen molar-refractivity contribution in [1.29, 1.82) is 10.5 Å². The summed E-state index contributed by atoms with van der Waals surface area (Å²) in [5.74, 6) is -0.111. The van der Waals surface area contributed by atoms with Crippen LogP contribution in [0.25, 0.3) is 0 Å². The van der Waals surface area contributed by atoms with Crippen LogP contribution in [-0.4, -0.2) is 9.97 Å². The van der Waals surface area contributed by atoms with Crippen molar-refractivity contribution < 1.29 is 4.39 Å². The minimum Gasteiger partial charge on any atom is -0.338 e. The quantitative estimate of drug-likeness (QED) is 0.867. The lowest BCUT2D eigenvalue weighted by Gasteiger charge is -2.06. The molecule has 0 amide bonds. The van der Waals surface area contributed by atoms with E-state index in [4.69, 9.17) is 10.5 Å². The topological polar surface area (TPSA) is 85.4 Å². The van der Waals surface area contributed by atoms with Gasteiger partial charge in [-0.15, -0.1) is 0 Å². The van der Waals surface area contributed by atoms with Crippen molar-refractivity contribution in [2.45, 2.75) is 0 Å². The van der Waals surface area contributed by atoms with E-state index in [1.165, 1.54) is 24.5 Å². The molecule has 1 N–H and O–H groups in total. The summed E-state index contributed by atoms with van der Waals surface area (Å²) in [6.45, 7) is 0. The first kappa shape index (κ1) is 11.5. The van der Waals surface area contributed by atoms with Crippen LogP contribution in [0.15, 0.2) is 30.6 Å². The Bertz CT molecular complexity index is 652. The fourth-order valence-corrected chi connectivity index (χ4v) is 1.31. The van der Waals surface area contributed by atoms with Crippen LogP contribution in [0.2, 0.25) is 0 Å². The predicted molar refractivity (Wildman–Crippen MR) is 61.1 cm³/mol. The molecule has 5 nitrogen and oxygen atoms in total. The van der Waals surface area contributed by atoms with Gasteiger partial charge in [-0.05, 0) is 18.2 Å². The monoisotopic (exact) mass is 239 g/mol. The maximum atomic E-state index is 12.9. The lowest BCUT2D eigenvalue weighted by atomic mass is 10.2. The van der Waals surface area contributed by atoms with Crippen molar-refractivity contribution in [3.63, 3.8) is 0 Å². The van der Waals surface area contributed by atoms with Gasteiger partial charge in [0.2, 0.25) is 0 Å². The molecule has 0 aliphatic heterocycles. The molecule has 1 heterocycles. The minimum absolute atomic E-state index is 0.168. The van der Waals surface area contributed by atoms with E-state index in [1.807, 2.05) is 12.1 Å². The number of aromatic nitrogens is 2. The zero-order valence-electron chi connectivity index (χ0n) is 9.05. The molecule has 0 fully saturated rings. The van der Waals surface area contributed by atoms with E-state index in [-0.39, 0.29) is 11.3 Å². The zero-order valence-corrected chi connectivity index (χ0v) is 9.05. The van der Waals surface area contributed by atoms with Gasteiger partial charge in [0.15, 0.2) is 5.69 Å². The molecular weight excluding hydrogens is 233 g/mol. The van der Waals surface area contributed by atoms with E-state index in [0.29, 0.717) is 11.5 Å². The van der Waals surface area contributed by atoms with Gasteiger partial charge in [0, 0.05) is 0 Å². The molecule has 2 aromatic rings. The van der Waals surface area contributed by atoms with Crippen molar-refractivity contribution in [1.82, 2.24) is 9.97 Å². The molecule has 86 valence electrons. The van der Waals surface area contributed by atoms with Gasteiger partial charge in [0.05, 0.1) is 23.6 Å². The Morgan fingerprint density at radius 1 is 1.11 bits per heavy atom. The van der Waals surface area contributed by atoms with Crippen LogP contribution in [0.4, 0.5) is 15.9 Å². The Hall–Kier alpha value is -2.99. The number of anilines is 2. The van der Waals surface area contributed by atoms with E-state index in [0.717, 1.165) is 6.07 Å². The number of hydrogen-bond donors (Lipinski definition) is 1. The van der Waals surface area contributed by atoms with E-state index >= 15 is 0 Å². The average Bonchev–Trinajstić information content (AvgIpc) is 2.41. The summed E-state index contributed by atoms with van der Waals surface area (Å²) in [6.07, 6.45) is 2.67. The molecule has 2 rings (SSSR count). The Balaban J connectivity index is 2.29. The first-order chi connectivity index (χ1) is 8.72. The fraction of sp³-hybridized carbons (Fsp3) is 0. The number of nitrogens with one attached hydrogen (secondary N) is 1. The van der Waals surface area contributed by atoms with Crippen molar-refractivity contribution in [2.75, 3.05) is 5.32 Å². The molecule has 0 atom stereocenters. The molecule has 0 saturated heterocycles. The van der Waals surface area contributed by atoms with Gasteiger partial charge in [-0.3, -0.25) is 0 Å². The molecule has 1 aromatic heterocycles. The Labute approximate surface area is 102 Å². The third-order valence-corrected chi connectivity index (χ3v) is 2.13. The number of nitrogens with zero attached hydrogens (tertiary/aromatic N) is 4. The smallest absolute Gasteiger partial charge is 0.158 e. The van der Waals surface area contributed by atoms with Gasteiger partial charge in [0.1, 0.15) is 23.8 Å². The van der Waals surface area contributed by atoms with Crippen LogP contribution in [0.1, 0.15) is 11.3 Å². The Morgan fingerprint density at radius 3 is 2.56 bits per heavy atom. The fourth-order valence-electron chi connectivity index (χ4n) is 1.31. The average molecular weight is 239 g/mol. The van der Waals surface area contributed by atoms with Crippen LogP contribution in [0, 0.1) is 28.5 Å². The van der Waals surface area contributed by atoms with Crippen molar-refractivity contribution in [3.05, 3.63) is 47.7 Å². The Morgan fingerprint density at radius 2 is 1.94 bits per heavy atom. The number of benzene rings is 1. The SMILES string of the molecule is N#Cc1cnc(Nc2ccc(F)cc2C#N)cn1. The van der Waals surface area contributed by atoms with Gasteiger partial charge in [-0.2, -0.15) is 10.5 Å². The lowest BCUT2D eigenvalue weighted by Crippen LogP contribution is -1.98. The molecule has 18 heavy (non-hydrogen) atoms. The Kier molecular flexibility index (Phi) is 3.13. The lowest BCUT2D eigenvalue weighted by molar-refractivity contribution is 0.627. The van der Waals surface area contributed by atoms with E-state index in [9.17, 15) is 4.39 Å². The summed E-state index contributed by atoms with van der Waals surface area (Å²) in [5.41, 5.74) is 0.791. The highest BCUT2D eigenvalue weighted by molar-refractivity contribution is 5.64. The molecule has 6 heteroatoms. The highest BCUT2D eigenvalue weighted by Crippen LogP contribution is 2.19. The van der Waals surface area contributed by atoms with Gasteiger partial charge in [-0.25, -0.2) is 14.4 Å². The maximum absolute atomic E-state index is 12.9. The van der Waals surface area contributed by atoms with Gasteiger partial charge >= 0.3 is 0 Å². The third kappa shape index (κ3) is 2.39. The predicted octanol–water partition coefficient (Wildman–Crippen LogP) is 2.10. The van der Waals surface area contributed by atoms with Crippen LogP contribution < -0.4 is 5.32 Å². The molecule has 0 radical (unpaired) electrons. The molecule has 0 unspecified atom stereocenters. The summed E-state index contributed by atoms with van der Waals surface area (Å²) in [7, 11) is 0. The second-order valence-corrected chi connectivity index (χ2v) is 3.33. The molecule has 0 aliphatic carbocycles. The summed E-state index contributed by atoms with van der Waals surface area (Å²) < 4.78 is 12.9. The summed E-state index contributed by atoms with van der Waals surface area (Å²) in [6, 6.07) is 7.52. The highest BCUT2D eigenvalue weighted by Gasteiger charge is 2.05. The zero-order chi connectivity index (χ0) is 13.0. The molecule has 0 bridgehead atoms. The minimum atomic E-state index is -0.483. The van der Waals surface area contributed by atoms with E-state index < -0.39 is 5.82 Å². The van der Waals surface area contributed by atoms with Gasteiger partial charge in [0.25, 0.3) is 0 Å². The van der Waals surface area contributed by atoms with Crippen LogP contribution in [-0.2, 0) is 0 Å². The van der Waals surface area contributed by atoms with Gasteiger partial charge in [-0.1, -0.05) is 0 Å². The van der Waals surface area contributed by atoms with Crippen molar-refractivity contribution in [3.8, 4) is 12.1 Å². The first-order valence-electron chi connectivity index (χ1n) is 4.92. The van der Waals surface area contributed by atoms with Crippen molar-refractivity contribution >= 4 is 11.5 Å². The number of rotatable bonds is 2. The second-order valence-electron chi connectivity index (χ2n) is 3.33. The largest absolute Gasteiger partial charge is 0.338 e. The molecule has 1 aromatic carbocycles. The van der Waals surface area contributed by atoms with Crippen LogP contribution >= 0.6 is 0 Å². The molecule has 0 saturated carbocycles. The summed E-state index contributed by atoms with van der Waals surface area (Å²) in [4.78, 5) is 7.77. The van der Waals surface area contributed by atoms with Crippen LogP contribution in [0.5, 0.6) is 0 Å². The third-order valence-electron chi connectivity index (χ3n) is 2.13. The first-order valence-corrected chi connectivity index (χ1v) is 4.92. The number of halogens is 1. The normalized spacial score (nSPS) is 9.28. The summed E-state index contributed by atoms with van der Waals surface area (Å²) >= 11 is 0. The van der Waals surface area contributed by atoms with E-state index in [2.05, 4.69) is 15.3 Å². The van der Waals surface area contributed by atoms with Gasteiger partial charge < -0.3 is 5.32 Å². The maximum Gasteiger partial charge on any atom is 0.158 e. The number of hydrogen-bond acceptors (Lipinski definition) is 5. The molecule has 0 aliphatic rings. The standard InChI is InChI=1S/C12H6FN5/c13-9-1-2-11(8(3-9)4-14)18-12-7-16-10(5-15)6-17-12/h1-3,6-7H,(H,17,18). The van der Waals surface area contributed by atoms with Crippen LogP contribution in [0.3, 0.4) is 0 Å². The van der Waals surface area contributed by atoms with E-state index in [1.54, 1.807) is 0 Å². The molecule has 0 spiro atoms.